The number of benzene rings is 2. The molecule has 4 heteroatoms. The van der Waals surface area contributed by atoms with Gasteiger partial charge in [-0.15, -0.1) is 0 Å². The summed E-state index contributed by atoms with van der Waals surface area (Å²) in [5.74, 6) is -0.0000869. The molecule has 4 rings (SSSR count). The van der Waals surface area contributed by atoms with E-state index in [2.05, 4.69) is 40.3 Å². The van der Waals surface area contributed by atoms with E-state index < -0.39 is 0 Å². The first-order chi connectivity index (χ1) is 12.2. The lowest BCUT2D eigenvalue weighted by Crippen LogP contribution is -2.42. The third kappa shape index (κ3) is 3.07. The van der Waals surface area contributed by atoms with Crippen LogP contribution in [0.25, 0.3) is 10.9 Å². The van der Waals surface area contributed by atoms with Crippen LogP contribution in [0.3, 0.4) is 0 Å². The predicted octanol–water partition coefficient (Wildman–Crippen LogP) is 4.01. The summed E-state index contributed by atoms with van der Waals surface area (Å²) in [5, 5.41) is 4.03. The van der Waals surface area contributed by atoms with Crippen LogP contribution in [0.4, 0.5) is 11.4 Å². The molecule has 126 valence electrons. The molecule has 1 aliphatic rings. The Morgan fingerprint density at radius 3 is 2.96 bits per heavy atom. The van der Waals surface area contributed by atoms with Gasteiger partial charge in [0.2, 0.25) is 5.91 Å². The second kappa shape index (κ2) is 6.55. The first kappa shape index (κ1) is 15.6. The lowest BCUT2D eigenvalue weighted by atomic mass is 9.96. The number of fused-ring (bicyclic) bond motifs is 2. The summed E-state index contributed by atoms with van der Waals surface area (Å²) in [7, 11) is 0. The van der Waals surface area contributed by atoms with Gasteiger partial charge in [-0.2, -0.15) is 0 Å². The van der Waals surface area contributed by atoms with Gasteiger partial charge in [0.25, 0.3) is 0 Å². The fourth-order valence-corrected chi connectivity index (χ4v) is 3.56. The lowest BCUT2D eigenvalue weighted by Gasteiger charge is -2.36. The van der Waals surface area contributed by atoms with E-state index >= 15 is 0 Å². The predicted molar refractivity (Wildman–Crippen MR) is 102 cm³/mol. The second-order valence-electron chi connectivity index (χ2n) is 6.57. The molecule has 25 heavy (non-hydrogen) atoms. The Bertz CT molecular complexity index is 916. The molecular weight excluding hydrogens is 310 g/mol. The molecule has 1 aromatic heterocycles. The van der Waals surface area contributed by atoms with Crippen LogP contribution >= 0.6 is 0 Å². The lowest BCUT2D eigenvalue weighted by molar-refractivity contribution is -0.115. The summed E-state index contributed by atoms with van der Waals surface area (Å²) in [6.45, 7) is 2.54. The molecule has 1 N–H and O–H groups in total. The van der Waals surface area contributed by atoms with Crippen LogP contribution < -0.4 is 10.2 Å². The Kier molecular flexibility index (Phi) is 4.10. The van der Waals surface area contributed by atoms with Crippen molar-refractivity contribution < 1.29 is 4.79 Å². The molecule has 0 bridgehead atoms. The average Bonchev–Trinajstić information content (AvgIpc) is 2.64. The van der Waals surface area contributed by atoms with Gasteiger partial charge in [0.1, 0.15) is 0 Å². The monoisotopic (exact) mass is 331 g/mol. The van der Waals surface area contributed by atoms with E-state index in [9.17, 15) is 4.79 Å². The van der Waals surface area contributed by atoms with Crippen molar-refractivity contribution in [3.8, 4) is 0 Å². The highest BCUT2D eigenvalue weighted by Crippen LogP contribution is 2.30. The third-order valence-corrected chi connectivity index (χ3v) is 4.90. The third-order valence-electron chi connectivity index (χ3n) is 4.90. The summed E-state index contributed by atoms with van der Waals surface area (Å²) in [5.41, 5.74) is 4.20. The highest BCUT2D eigenvalue weighted by atomic mass is 16.2. The molecule has 2 heterocycles. The Morgan fingerprint density at radius 2 is 2.04 bits per heavy atom. The van der Waals surface area contributed by atoms with E-state index in [1.807, 2.05) is 36.4 Å². The molecule has 0 radical (unpaired) electrons. The van der Waals surface area contributed by atoms with Gasteiger partial charge in [-0.3, -0.25) is 9.78 Å². The molecule has 1 amide bonds. The van der Waals surface area contributed by atoms with Gasteiger partial charge in [-0.25, -0.2) is 0 Å². The number of para-hydroxylation sites is 1. The van der Waals surface area contributed by atoms with Gasteiger partial charge in [-0.05, 0) is 55.7 Å². The molecule has 3 aromatic rings. The summed E-state index contributed by atoms with van der Waals surface area (Å²) in [6, 6.07) is 18.4. The minimum absolute atomic E-state index is 0.0000869. The standard InChI is InChI=1S/C21H21N3O/c1-15-11-12-16-6-2-3-10-20(16)24(15)14-21(25)23-19-9-4-8-18-17(19)7-5-13-22-18/h2-10,13,15H,11-12,14H2,1H3,(H,23,25). The summed E-state index contributed by atoms with van der Waals surface area (Å²) in [6.07, 6.45) is 3.91. The highest BCUT2D eigenvalue weighted by molar-refractivity contribution is 6.02. The van der Waals surface area contributed by atoms with Crippen molar-refractivity contribution in [2.24, 2.45) is 0 Å². The number of aromatic nitrogens is 1. The SMILES string of the molecule is CC1CCc2ccccc2N1CC(=O)Nc1cccc2ncccc12. The maximum Gasteiger partial charge on any atom is 0.243 e. The zero-order valence-corrected chi connectivity index (χ0v) is 14.3. The Balaban J connectivity index is 1.56. The van der Waals surface area contributed by atoms with Gasteiger partial charge < -0.3 is 10.2 Å². The van der Waals surface area contributed by atoms with Crippen molar-refractivity contribution >= 4 is 28.2 Å². The Hall–Kier alpha value is -2.88. The fourth-order valence-electron chi connectivity index (χ4n) is 3.56. The van der Waals surface area contributed by atoms with Crippen LogP contribution in [0, 0.1) is 0 Å². The van der Waals surface area contributed by atoms with Gasteiger partial charge in [0.05, 0.1) is 17.7 Å². The smallest absolute Gasteiger partial charge is 0.243 e. The quantitative estimate of drug-likeness (QED) is 0.788. The van der Waals surface area contributed by atoms with Crippen LogP contribution in [0.15, 0.2) is 60.8 Å². The van der Waals surface area contributed by atoms with Crippen molar-refractivity contribution in [3.63, 3.8) is 0 Å². The highest BCUT2D eigenvalue weighted by Gasteiger charge is 2.24. The molecule has 0 saturated heterocycles. The van der Waals surface area contributed by atoms with Crippen molar-refractivity contribution in [2.45, 2.75) is 25.8 Å². The largest absolute Gasteiger partial charge is 0.359 e. The number of carbonyl (C=O) groups is 1. The van der Waals surface area contributed by atoms with E-state index in [-0.39, 0.29) is 5.91 Å². The van der Waals surface area contributed by atoms with E-state index in [0.717, 1.165) is 29.4 Å². The minimum Gasteiger partial charge on any atom is -0.359 e. The van der Waals surface area contributed by atoms with Crippen molar-refractivity contribution in [1.29, 1.82) is 0 Å². The van der Waals surface area contributed by atoms with E-state index in [1.165, 1.54) is 11.3 Å². The molecule has 0 fully saturated rings. The van der Waals surface area contributed by atoms with Crippen molar-refractivity contribution in [2.75, 3.05) is 16.8 Å². The van der Waals surface area contributed by atoms with Crippen LogP contribution in [-0.2, 0) is 11.2 Å². The summed E-state index contributed by atoms with van der Waals surface area (Å²) in [4.78, 5) is 19.3. The number of nitrogens with zero attached hydrogens (tertiary/aromatic N) is 2. The summed E-state index contributed by atoms with van der Waals surface area (Å²) < 4.78 is 0. The molecular formula is C21H21N3O. The number of amides is 1. The molecule has 1 atom stereocenters. The number of pyridine rings is 1. The molecule has 4 nitrogen and oxygen atoms in total. The van der Waals surface area contributed by atoms with Crippen LogP contribution in [0.2, 0.25) is 0 Å². The molecule has 1 unspecified atom stereocenters. The number of hydrogen-bond acceptors (Lipinski definition) is 3. The maximum absolute atomic E-state index is 12.7. The molecule has 0 spiro atoms. The van der Waals surface area contributed by atoms with Gasteiger partial charge in [0, 0.05) is 23.3 Å². The molecule has 2 aromatic carbocycles. The van der Waals surface area contributed by atoms with Gasteiger partial charge >= 0.3 is 0 Å². The van der Waals surface area contributed by atoms with Crippen LogP contribution in [0.5, 0.6) is 0 Å². The zero-order valence-electron chi connectivity index (χ0n) is 14.3. The normalized spacial score (nSPS) is 16.5. The number of carbonyl (C=O) groups excluding carboxylic acids is 1. The molecule has 1 aliphatic heterocycles. The average molecular weight is 331 g/mol. The van der Waals surface area contributed by atoms with Crippen LogP contribution in [-0.4, -0.2) is 23.5 Å². The topological polar surface area (TPSA) is 45.2 Å². The first-order valence-corrected chi connectivity index (χ1v) is 8.70. The van der Waals surface area contributed by atoms with Crippen molar-refractivity contribution in [3.05, 3.63) is 66.4 Å². The fraction of sp³-hybridized carbons (Fsp3) is 0.238. The van der Waals surface area contributed by atoms with Gasteiger partial charge in [-0.1, -0.05) is 24.3 Å². The molecule has 0 saturated carbocycles. The number of hydrogen-bond donors (Lipinski definition) is 1. The van der Waals surface area contributed by atoms with Crippen molar-refractivity contribution in [1.82, 2.24) is 4.98 Å². The molecule has 0 aliphatic carbocycles. The number of anilines is 2. The Labute approximate surface area is 147 Å². The first-order valence-electron chi connectivity index (χ1n) is 8.70. The second-order valence-corrected chi connectivity index (χ2v) is 6.57. The van der Waals surface area contributed by atoms with E-state index in [1.54, 1.807) is 6.20 Å². The summed E-state index contributed by atoms with van der Waals surface area (Å²) >= 11 is 0. The maximum atomic E-state index is 12.7. The number of nitrogens with one attached hydrogen (secondary N) is 1. The Morgan fingerprint density at radius 1 is 1.16 bits per heavy atom. The minimum atomic E-state index is -0.0000869. The van der Waals surface area contributed by atoms with Crippen LogP contribution in [0.1, 0.15) is 18.9 Å². The van der Waals surface area contributed by atoms with E-state index in [4.69, 9.17) is 0 Å². The number of rotatable bonds is 3. The van der Waals surface area contributed by atoms with Gasteiger partial charge in [0.15, 0.2) is 0 Å². The zero-order chi connectivity index (χ0) is 17.2. The number of aryl methyl sites for hydroxylation is 1. The van der Waals surface area contributed by atoms with E-state index in [0.29, 0.717) is 12.6 Å².